The maximum atomic E-state index is 13.3. The molecule has 3 aromatic rings. The Kier molecular flexibility index (Phi) is 6.53. The van der Waals surface area contributed by atoms with E-state index in [2.05, 4.69) is 0 Å². The van der Waals surface area contributed by atoms with Crippen molar-refractivity contribution in [3.05, 3.63) is 95.4 Å². The summed E-state index contributed by atoms with van der Waals surface area (Å²) in [4.78, 5) is 29.4. The summed E-state index contributed by atoms with van der Waals surface area (Å²) in [5, 5.41) is 0. The Labute approximate surface area is 189 Å². The Balaban J connectivity index is 1.51. The van der Waals surface area contributed by atoms with Crippen LogP contribution in [0.5, 0.6) is 0 Å². The van der Waals surface area contributed by atoms with Gasteiger partial charge in [0.05, 0.1) is 18.4 Å². The van der Waals surface area contributed by atoms with Crippen LogP contribution in [0.3, 0.4) is 0 Å². The number of hydrogen-bond acceptors (Lipinski definition) is 3. The van der Waals surface area contributed by atoms with Gasteiger partial charge in [-0.3, -0.25) is 9.59 Å². The normalized spacial score (nSPS) is 13.5. The number of alkyl halides is 3. The Hall–Kier alpha value is -3.55. The molecule has 4 rings (SSSR count). The van der Waals surface area contributed by atoms with Crippen LogP contribution in [0.15, 0.2) is 77.4 Å². The summed E-state index contributed by atoms with van der Waals surface area (Å²) < 4.78 is 44.0. The third-order valence-electron chi connectivity index (χ3n) is 5.51. The highest BCUT2D eigenvalue weighted by Gasteiger charge is 2.36. The predicted molar refractivity (Wildman–Crippen MR) is 115 cm³/mol. The fraction of sp³-hybridized carbons (Fsp3) is 0.280. The van der Waals surface area contributed by atoms with Crippen LogP contribution in [0.4, 0.5) is 13.2 Å². The SMILES string of the molecule is O=C(CN(C(=O)c1ccc(C(F)(F)F)cc1)C1CC1)N(Cc1ccccc1)Cc1ccco1. The highest BCUT2D eigenvalue weighted by molar-refractivity contribution is 5.97. The first-order chi connectivity index (χ1) is 15.8. The number of carbonyl (C=O) groups is 2. The number of carbonyl (C=O) groups excluding carboxylic acids is 2. The average Bonchev–Trinajstić information content (AvgIpc) is 3.52. The summed E-state index contributed by atoms with van der Waals surface area (Å²) in [5.74, 6) is -0.0917. The lowest BCUT2D eigenvalue weighted by Gasteiger charge is -2.27. The Morgan fingerprint density at radius 1 is 0.909 bits per heavy atom. The summed E-state index contributed by atoms with van der Waals surface area (Å²) in [7, 11) is 0. The fourth-order valence-electron chi connectivity index (χ4n) is 3.59. The monoisotopic (exact) mass is 456 g/mol. The molecule has 1 aliphatic rings. The van der Waals surface area contributed by atoms with Gasteiger partial charge in [-0.25, -0.2) is 0 Å². The number of halogens is 3. The van der Waals surface area contributed by atoms with Gasteiger partial charge in [-0.05, 0) is 54.8 Å². The zero-order valence-corrected chi connectivity index (χ0v) is 17.8. The smallest absolute Gasteiger partial charge is 0.416 e. The van der Waals surface area contributed by atoms with Crippen molar-refractivity contribution >= 4 is 11.8 Å². The Morgan fingerprint density at radius 2 is 1.61 bits per heavy atom. The molecule has 0 saturated heterocycles. The number of rotatable bonds is 8. The van der Waals surface area contributed by atoms with Crippen LogP contribution in [0.1, 0.15) is 40.1 Å². The lowest BCUT2D eigenvalue weighted by Crippen LogP contribution is -2.43. The third kappa shape index (κ3) is 5.83. The maximum Gasteiger partial charge on any atom is 0.416 e. The molecule has 172 valence electrons. The van der Waals surface area contributed by atoms with Gasteiger partial charge >= 0.3 is 6.18 Å². The molecule has 1 fully saturated rings. The van der Waals surface area contributed by atoms with Crippen LogP contribution in [0.2, 0.25) is 0 Å². The minimum absolute atomic E-state index is 0.0917. The quantitative estimate of drug-likeness (QED) is 0.472. The molecular formula is C25H23F3N2O3. The highest BCUT2D eigenvalue weighted by Crippen LogP contribution is 2.31. The molecular weight excluding hydrogens is 433 g/mol. The molecule has 0 radical (unpaired) electrons. The van der Waals surface area contributed by atoms with Crippen molar-refractivity contribution in [2.45, 2.75) is 38.1 Å². The van der Waals surface area contributed by atoms with Crippen LogP contribution in [0.25, 0.3) is 0 Å². The number of furan rings is 1. The minimum Gasteiger partial charge on any atom is -0.467 e. The molecule has 0 atom stereocenters. The topological polar surface area (TPSA) is 53.8 Å². The molecule has 0 bridgehead atoms. The van der Waals surface area contributed by atoms with E-state index in [1.54, 1.807) is 17.0 Å². The summed E-state index contributed by atoms with van der Waals surface area (Å²) in [6.45, 7) is 0.430. The molecule has 0 unspecified atom stereocenters. The number of benzene rings is 2. The largest absolute Gasteiger partial charge is 0.467 e. The number of amides is 2. The second-order valence-electron chi connectivity index (χ2n) is 8.05. The zero-order chi connectivity index (χ0) is 23.4. The number of nitrogens with zero attached hydrogens (tertiary/aromatic N) is 2. The highest BCUT2D eigenvalue weighted by atomic mass is 19.4. The average molecular weight is 456 g/mol. The van der Waals surface area contributed by atoms with Crippen molar-refractivity contribution in [2.24, 2.45) is 0 Å². The first kappa shape index (κ1) is 22.6. The third-order valence-corrected chi connectivity index (χ3v) is 5.51. The molecule has 0 spiro atoms. The van der Waals surface area contributed by atoms with Crippen LogP contribution in [0, 0.1) is 0 Å². The van der Waals surface area contributed by atoms with Crippen molar-refractivity contribution in [3.63, 3.8) is 0 Å². The maximum absolute atomic E-state index is 13.3. The predicted octanol–water partition coefficient (Wildman–Crippen LogP) is 5.13. The molecule has 2 amide bonds. The van der Waals surface area contributed by atoms with E-state index in [0.717, 1.165) is 42.7 Å². The molecule has 5 nitrogen and oxygen atoms in total. The van der Waals surface area contributed by atoms with Gasteiger partial charge in [0.2, 0.25) is 5.91 Å². The van der Waals surface area contributed by atoms with E-state index in [0.29, 0.717) is 12.3 Å². The molecule has 33 heavy (non-hydrogen) atoms. The summed E-state index contributed by atoms with van der Waals surface area (Å²) >= 11 is 0. The van der Waals surface area contributed by atoms with E-state index in [9.17, 15) is 22.8 Å². The second-order valence-corrected chi connectivity index (χ2v) is 8.05. The summed E-state index contributed by atoms with van der Waals surface area (Å²) in [6, 6.07) is 17.0. The second kappa shape index (κ2) is 9.52. The lowest BCUT2D eigenvalue weighted by molar-refractivity contribution is -0.137. The zero-order valence-electron chi connectivity index (χ0n) is 17.8. The van der Waals surface area contributed by atoms with Crippen molar-refractivity contribution in [2.75, 3.05) is 6.54 Å². The van der Waals surface area contributed by atoms with Gasteiger partial charge in [0.15, 0.2) is 0 Å². The van der Waals surface area contributed by atoms with Gasteiger partial charge in [0.25, 0.3) is 5.91 Å². The van der Waals surface area contributed by atoms with Crippen LogP contribution < -0.4 is 0 Å². The first-order valence-electron chi connectivity index (χ1n) is 10.6. The van der Waals surface area contributed by atoms with Crippen molar-refractivity contribution in [1.82, 2.24) is 9.80 Å². The first-order valence-corrected chi connectivity index (χ1v) is 10.6. The fourth-order valence-corrected chi connectivity index (χ4v) is 3.59. The Morgan fingerprint density at radius 3 is 2.18 bits per heavy atom. The van der Waals surface area contributed by atoms with Gasteiger partial charge in [-0.1, -0.05) is 30.3 Å². The van der Waals surface area contributed by atoms with Crippen LogP contribution in [-0.4, -0.2) is 34.2 Å². The molecule has 1 heterocycles. The molecule has 0 aliphatic heterocycles. The summed E-state index contributed by atoms with van der Waals surface area (Å²) in [5.41, 5.74) is 0.244. The summed E-state index contributed by atoms with van der Waals surface area (Å²) in [6.07, 6.45) is -1.42. The van der Waals surface area contributed by atoms with E-state index in [4.69, 9.17) is 4.42 Å². The van der Waals surface area contributed by atoms with Crippen molar-refractivity contribution in [3.8, 4) is 0 Å². The molecule has 0 N–H and O–H groups in total. The van der Waals surface area contributed by atoms with Gasteiger partial charge in [-0.2, -0.15) is 13.2 Å². The molecule has 1 aliphatic carbocycles. The Bertz CT molecular complexity index is 1080. The standard InChI is InChI=1S/C25H23F3N2O3/c26-25(27,28)20-10-8-19(9-11-20)24(32)30(21-12-13-21)17-23(31)29(16-22-7-4-14-33-22)15-18-5-2-1-3-6-18/h1-11,14,21H,12-13,15-17H2. The van der Waals surface area contributed by atoms with Gasteiger partial charge in [-0.15, -0.1) is 0 Å². The van der Waals surface area contributed by atoms with Crippen LogP contribution in [-0.2, 0) is 24.1 Å². The molecule has 1 saturated carbocycles. The van der Waals surface area contributed by atoms with Crippen LogP contribution >= 0.6 is 0 Å². The molecule has 1 aromatic heterocycles. The van der Waals surface area contributed by atoms with Gasteiger partial charge < -0.3 is 14.2 Å². The van der Waals surface area contributed by atoms with Gasteiger partial charge in [0, 0.05) is 18.2 Å². The van der Waals surface area contributed by atoms with E-state index >= 15 is 0 Å². The van der Waals surface area contributed by atoms with E-state index < -0.39 is 17.6 Å². The van der Waals surface area contributed by atoms with E-state index in [-0.39, 0.29) is 30.6 Å². The van der Waals surface area contributed by atoms with E-state index in [1.807, 2.05) is 30.3 Å². The lowest BCUT2D eigenvalue weighted by atomic mass is 10.1. The molecule has 2 aromatic carbocycles. The number of hydrogen-bond donors (Lipinski definition) is 0. The van der Waals surface area contributed by atoms with Crippen molar-refractivity contribution < 1.29 is 27.2 Å². The van der Waals surface area contributed by atoms with E-state index in [1.165, 1.54) is 11.2 Å². The van der Waals surface area contributed by atoms with Gasteiger partial charge in [0.1, 0.15) is 12.3 Å². The molecule has 8 heteroatoms. The van der Waals surface area contributed by atoms with Crippen molar-refractivity contribution in [1.29, 1.82) is 0 Å². The minimum atomic E-state index is -4.47.